The molecule has 1 unspecified atom stereocenters. The Kier molecular flexibility index (Phi) is 2.68. The highest BCUT2D eigenvalue weighted by Crippen LogP contribution is 2.27. The Labute approximate surface area is 80.7 Å². The Balaban J connectivity index is 3.09. The number of hydrogen-bond donors (Lipinski definition) is 1. The third kappa shape index (κ3) is 1.71. The van der Waals surface area contributed by atoms with Crippen molar-refractivity contribution in [2.24, 2.45) is 0 Å². The summed E-state index contributed by atoms with van der Waals surface area (Å²) in [6.45, 7) is 5.10. The molecule has 1 heterocycles. The van der Waals surface area contributed by atoms with Gasteiger partial charge < -0.3 is 10.5 Å². The lowest BCUT2D eigenvalue weighted by Gasteiger charge is -2.22. The summed E-state index contributed by atoms with van der Waals surface area (Å²) in [5.74, 6) is -0.194. The zero-order chi connectivity index (χ0) is 10.1. The molecular formula is C8H11N2O2S. The molecule has 2 N–H and O–H groups in total. The van der Waals surface area contributed by atoms with Crippen LogP contribution in [-0.2, 0) is 15.1 Å². The Morgan fingerprint density at radius 1 is 1.85 bits per heavy atom. The first-order valence-corrected chi connectivity index (χ1v) is 4.51. The average Bonchev–Trinajstić information content (AvgIpc) is 2.50. The Morgan fingerprint density at radius 2 is 2.46 bits per heavy atom. The summed E-state index contributed by atoms with van der Waals surface area (Å²) in [4.78, 5) is 15.2. The van der Waals surface area contributed by atoms with Gasteiger partial charge in [0.25, 0.3) is 0 Å². The topological polar surface area (TPSA) is 65.2 Å². The van der Waals surface area contributed by atoms with Crippen molar-refractivity contribution in [3.8, 4) is 0 Å². The zero-order valence-corrected chi connectivity index (χ0v) is 8.35. The Bertz CT molecular complexity index is 324. The molecule has 1 atom stereocenters. The second kappa shape index (κ2) is 3.43. The summed E-state index contributed by atoms with van der Waals surface area (Å²) in [5, 5.41) is 2.08. The number of methoxy groups -OCH3 is 1. The maximum atomic E-state index is 11.2. The highest BCUT2D eigenvalue weighted by Gasteiger charge is 2.34. The number of hydrogen-bond acceptors (Lipinski definition) is 5. The number of nitrogens with two attached hydrogens (primary N) is 1. The van der Waals surface area contributed by atoms with Gasteiger partial charge in [-0.1, -0.05) is 0 Å². The first-order chi connectivity index (χ1) is 6.00. The minimum atomic E-state index is -1.21. The first-order valence-electron chi connectivity index (χ1n) is 3.63. The number of ether oxygens (including phenoxy) is 1. The summed E-state index contributed by atoms with van der Waals surface area (Å²) in [5.41, 5.74) is 4.69. The molecule has 4 nitrogen and oxygen atoms in total. The highest BCUT2D eigenvalue weighted by molar-refractivity contribution is 7.13. The van der Waals surface area contributed by atoms with Crippen molar-refractivity contribution in [3.63, 3.8) is 0 Å². The van der Waals surface area contributed by atoms with Gasteiger partial charge in [-0.25, -0.2) is 4.98 Å². The number of ketones is 1. The summed E-state index contributed by atoms with van der Waals surface area (Å²) in [7, 11) is 1.42. The van der Waals surface area contributed by atoms with Gasteiger partial charge in [-0.3, -0.25) is 4.79 Å². The summed E-state index contributed by atoms with van der Waals surface area (Å²) in [6.07, 6.45) is 0. The van der Waals surface area contributed by atoms with Crippen LogP contribution < -0.4 is 5.73 Å². The van der Waals surface area contributed by atoms with Crippen LogP contribution in [0.5, 0.6) is 0 Å². The minimum Gasteiger partial charge on any atom is -0.375 e. The van der Waals surface area contributed by atoms with E-state index in [4.69, 9.17) is 10.5 Å². The van der Waals surface area contributed by atoms with Gasteiger partial charge in [0, 0.05) is 12.5 Å². The lowest BCUT2D eigenvalue weighted by molar-refractivity contribution is -0.135. The summed E-state index contributed by atoms with van der Waals surface area (Å²) in [6, 6.07) is 0. The molecule has 0 aliphatic rings. The van der Waals surface area contributed by atoms with Gasteiger partial charge in [-0.15, -0.1) is 11.3 Å². The van der Waals surface area contributed by atoms with Crippen LogP contribution >= 0.6 is 11.3 Å². The van der Waals surface area contributed by atoms with E-state index in [0.717, 1.165) is 0 Å². The standard InChI is InChI=1S/C8H11N2O2S/c1-5(11)8(2,12-3)6-4-13-7(9)10-6/h4H,2H2,1,3H3,(H2,9,10). The number of carbonyl (C=O) groups excluding carboxylic acids is 1. The van der Waals surface area contributed by atoms with E-state index in [9.17, 15) is 4.79 Å². The molecule has 0 spiro atoms. The van der Waals surface area contributed by atoms with E-state index in [-0.39, 0.29) is 5.78 Å². The van der Waals surface area contributed by atoms with Gasteiger partial charge in [0.15, 0.2) is 16.5 Å². The predicted molar refractivity (Wildman–Crippen MR) is 51.3 cm³/mol. The molecular weight excluding hydrogens is 188 g/mol. The van der Waals surface area contributed by atoms with Crippen molar-refractivity contribution in [1.29, 1.82) is 0 Å². The number of nitrogen functional groups attached to an aromatic ring is 1. The zero-order valence-electron chi connectivity index (χ0n) is 7.53. The number of aromatic nitrogens is 1. The highest BCUT2D eigenvalue weighted by atomic mass is 32.1. The third-order valence-corrected chi connectivity index (χ3v) is 2.53. The van der Waals surface area contributed by atoms with Crippen LogP contribution in [0, 0.1) is 6.92 Å². The molecule has 0 saturated heterocycles. The van der Waals surface area contributed by atoms with Crippen molar-refractivity contribution in [3.05, 3.63) is 18.0 Å². The number of carbonyl (C=O) groups is 1. The van der Waals surface area contributed by atoms with Crippen LogP contribution in [0.2, 0.25) is 0 Å². The molecule has 71 valence electrons. The van der Waals surface area contributed by atoms with E-state index in [1.807, 2.05) is 0 Å². The average molecular weight is 199 g/mol. The monoisotopic (exact) mass is 199 g/mol. The van der Waals surface area contributed by atoms with Crippen molar-refractivity contribution in [2.75, 3.05) is 12.8 Å². The SMILES string of the molecule is [CH2]C(OC)(C(C)=O)c1csc(N)n1. The number of Topliss-reactive ketones (excluding diaryl/α,β-unsaturated/α-hetero) is 1. The first kappa shape index (κ1) is 10.1. The maximum absolute atomic E-state index is 11.2. The molecule has 0 aliphatic heterocycles. The molecule has 0 aromatic carbocycles. The Hall–Kier alpha value is -0.940. The van der Waals surface area contributed by atoms with Crippen LogP contribution in [0.4, 0.5) is 5.13 Å². The van der Waals surface area contributed by atoms with Crippen molar-refractivity contribution in [2.45, 2.75) is 12.5 Å². The lowest BCUT2D eigenvalue weighted by Crippen LogP contribution is -2.33. The van der Waals surface area contributed by atoms with Gasteiger partial charge in [0.05, 0.1) is 5.69 Å². The molecule has 1 radical (unpaired) electrons. The molecule has 1 aromatic rings. The van der Waals surface area contributed by atoms with E-state index < -0.39 is 5.60 Å². The number of nitrogens with zero attached hydrogens (tertiary/aromatic N) is 1. The molecule has 0 saturated carbocycles. The van der Waals surface area contributed by atoms with Gasteiger partial charge >= 0.3 is 0 Å². The molecule has 1 rings (SSSR count). The van der Waals surface area contributed by atoms with Crippen molar-refractivity contribution in [1.82, 2.24) is 4.98 Å². The molecule has 1 aromatic heterocycles. The summed E-state index contributed by atoms with van der Waals surface area (Å²) < 4.78 is 5.03. The van der Waals surface area contributed by atoms with Gasteiger partial charge in [0.2, 0.25) is 0 Å². The van der Waals surface area contributed by atoms with E-state index in [1.54, 1.807) is 5.38 Å². The second-order valence-corrected chi connectivity index (χ2v) is 3.55. The van der Waals surface area contributed by atoms with E-state index in [1.165, 1.54) is 25.4 Å². The van der Waals surface area contributed by atoms with Crippen LogP contribution in [0.25, 0.3) is 0 Å². The fourth-order valence-corrected chi connectivity index (χ4v) is 1.53. The van der Waals surface area contributed by atoms with Gasteiger partial charge in [-0.05, 0) is 13.8 Å². The van der Waals surface area contributed by atoms with E-state index >= 15 is 0 Å². The van der Waals surface area contributed by atoms with E-state index in [2.05, 4.69) is 11.9 Å². The van der Waals surface area contributed by atoms with Crippen molar-refractivity contribution < 1.29 is 9.53 Å². The van der Waals surface area contributed by atoms with Crippen LogP contribution in [0.1, 0.15) is 12.6 Å². The number of rotatable bonds is 3. The number of thiazole rings is 1. The largest absolute Gasteiger partial charge is 0.375 e. The lowest BCUT2D eigenvalue weighted by atomic mass is 9.99. The van der Waals surface area contributed by atoms with Gasteiger partial charge in [-0.2, -0.15) is 0 Å². The fraction of sp³-hybridized carbons (Fsp3) is 0.375. The van der Waals surface area contributed by atoms with Crippen molar-refractivity contribution >= 4 is 22.3 Å². The molecule has 0 fully saturated rings. The smallest absolute Gasteiger partial charge is 0.180 e. The van der Waals surface area contributed by atoms with E-state index in [0.29, 0.717) is 10.8 Å². The quantitative estimate of drug-likeness (QED) is 0.788. The predicted octanol–water partition coefficient (Wildman–Crippen LogP) is 0.990. The molecule has 0 bridgehead atoms. The Morgan fingerprint density at radius 3 is 2.77 bits per heavy atom. The fourth-order valence-electron chi connectivity index (χ4n) is 0.902. The maximum Gasteiger partial charge on any atom is 0.180 e. The van der Waals surface area contributed by atoms with Crippen LogP contribution in [0.15, 0.2) is 5.38 Å². The second-order valence-electron chi connectivity index (χ2n) is 2.66. The summed E-state index contributed by atoms with van der Waals surface area (Å²) >= 11 is 1.26. The van der Waals surface area contributed by atoms with Crippen LogP contribution in [-0.4, -0.2) is 17.9 Å². The third-order valence-electron chi connectivity index (χ3n) is 1.85. The normalized spacial score (nSPS) is 15.3. The van der Waals surface area contributed by atoms with Crippen LogP contribution in [0.3, 0.4) is 0 Å². The molecule has 0 aliphatic carbocycles. The minimum absolute atomic E-state index is 0.194. The molecule has 5 heteroatoms. The molecule has 13 heavy (non-hydrogen) atoms. The number of anilines is 1. The molecule has 0 amide bonds. The van der Waals surface area contributed by atoms with Gasteiger partial charge in [0.1, 0.15) is 0 Å².